The standard InChI is InChI=1S/C10H19B/c1-10(11)5-4-8-2-3-9(6-8)7-10/h8-9H,2-7,11H2,1H3. The van der Waals surface area contributed by atoms with Crippen LogP contribution < -0.4 is 0 Å². The van der Waals surface area contributed by atoms with Crippen molar-refractivity contribution in [2.75, 3.05) is 0 Å². The zero-order valence-electron chi connectivity index (χ0n) is 7.90. The maximum Gasteiger partial charge on any atom is 0.109 e. The zero-order chi connectivity index (χ0) is 7.90. The molecule has 0 radical (unpaired) electrons. The van der Waals surface area contributed by atoms with E-state index in [4.69, 9.17) is 0 Å². The molecule has 0 aromatic heterocycles. The molecule has 11 heavy (non-hydrogen) atoms. The number of hydrogen-bond acceptors (Lipinski definition) is 0. The van der Waals surface area contributed by atoms with Gasteiger partial charge in [0.1, 0.15) is 7.85 Å². The van der Waals surface area contributed by atoms with Crippen LogP contribution in [-0.2, 0) is 0 Å². The first-order valence-corrected chi connectivity index (χ1v) is 5.16. The number of fused-ring (bicyclic) bond motifs is 2. The maximum atomic E-state index is 2.45. The summed E-state index contributed by atoms with van der Waals surface area (Å²) < 4.78 is 0. The second kappa shape index (κ2) is 2.53. The summed E-state index contributed by atoms with van der Waals surface area (Å²) in [5.41, 5.74) is 0. The minimum Gasteiger partial charge on any atom is -0.0669 e. The van der Waals surface area contributed by atoms with Crippen molar-refractivity contribution in [1.29, 1.82) is 0 Å². The molecule has 2 rings (SSSR count). The van der Waals surface area contributed by atoms with Crippen LogP contribution in [0.15, 0.2) is 0 Å². The van der Waals surface area contributed by atoms with Gasteiger partial charge in [0.25, 0.3) is 0 Å². The van der Waals surface area contributed by atoms with E-state index in [-0.39, 0.29) is 0 Å². The Morgan fingerprint density at radius 3 is 2.73 bits per heavy atom. The lowest BCUT2D eigenvalue weighted by Gasteiger charge is -2.26. The fourth-order valence-electron chi connectivity index (χ4n) is 3.10. The van der Waals surface area contributed by atoms with Gasteiger partial charge in [0.2, 0.25) is 0 Å². The number of rotatable bonds is 0. The van der Waals surface area contributed by atoms with Gasteiger partial charge in [-0.3, -0.25) is 0 Å². The Labute approximate surface area is 71.2 Å². The van der Waals surface area contributed by atoms with Crippen molar-refractivity contribution in [2.45, 2.75) is 50.8 Å². The smallest absolute Gasteiger partial charge is 0.0669 e. The summed E-state index contributed by atoms with van der Waals surface area (Å²) in [5, 5.41) is 0.667. The van der Waals surface area contributed by atoms with Crippen LogP contribution >= 0.6 is 0 Å². The third kappa shape index (κ3) is 1.63. The van der Waals surface area contributed by atoms with Gasteiger partial charge >= 0.3 is 0 Å². The summed E-state index contributed by atoms with van der Waals surface area (Å²) in [5.74, 6) is 2.21. The lowest BCUT2D eigenvalue weighted by Crippen LogP contribution is -2.11. The summed E-state index contributed by atoms with van der Waals surface area (Å²) >= 11 is 0. The zero-order valence-corrected chi connectivity index (χ0v) is 7.90. The Morgan fingerprint density at radius 1 is 1.18 bits per heavy atom. The summed E-state index contributed by atoms with van der Waals surface area (Å²) in [6.45, 7) is 2.45. The third-order valence-electron chi connectivity index (χ3n) is 3.72. The van der Waals surface area contributed by atoms with Crippen molar-refractivity contribution in [3.63, 3.8) is 0 Å². The molecular weight excluding hydrogens is 131 g/mol. The van der Waals surface area contributed by atoms with Crippen LogP contribution in [0.2, 0.25) is 5.31 Å². The van der Waals surface area contributed by atoms with Crippen LogP contribution in [0.4, 0.5) is 0 Å². The van der Waals surface area contributed by atoms with Crippen LogP contribution in [0.5, 0.6) is 0 Å². The summed E-state index contributed by atoms with van der Waals surface area (Å²) in [4.78, 5) is 0. The fourth-order valence-corrected chi connectivity index (χ4v) is 3.10. The molecule has 2 aliphatic rings. The minimum atomic E-state index is 0.667. The molecule has 2 bridgehead atoms. The number of hydrogen-bond donors (Lipinski definition) is 0. The van der Waals surface area contributed by atoms with E-state index in [2.05, 4.69) is 14.8 Å². The predicted molar refractivity (Wildman–Crippen MR) is 51.6 cm³/mol. The molecule has 0 heterocycles. The van der Waals surface area contributed by atoms with Crippen molar-refractivity contribution >= 4 is 7.85 Å². The molecule has 0 amide bonds. The van der Waals surface area contributed by atoms with E-state index in [1.54, 1.807) is 12.8 Å². The van der Waals surface area contributed by atoms with Gasteiger partial charge in [-0.25, -0.2) is 0 Å². The summed E-state index contributed by atoms with van der Waals surface area (Å²) in [6.07, 6.45) is 9.14. The van der Waals surface area contributed by atoms with E-state index in [9.17, 15) is 0 Å². The van der Waals surface area contributed by atoms with Crippen LogP contribution in [0.25, 0.3) is 0 Å². The van der Waals surface area contributed by atoms with Crippen LogP contribution in [0.3, 0.4) is 0 Å². The van der Waals surface area contributed by atoms with Crippen LogP contribution in [-0.4, -0.2) is 7.85 Å². The molecule has 2 aliphatic carbocycles. The Morgan fingerprint density at radius 2 is 1.91 bits per heavy atom. The van der Waals surface area contributed by atoms with Crippen molar-refractivity contribution in [3.8, 4) is 0 Å². The van der Waals surface area contributed by atoms with E-state index in [1.807, 2.05) is 0 Å². The fraction of sp³-hybridized carbons (Fsp3) is 1.00. The van der Waals surface area contributed by atoms with Gasteiger partial charge in [-0.05, 0) is 18.3 Å². The second-order valence-corrected chi connectivity index (χ2v) is 5.45. The highest BCUT2D eigenvalue weighted by Gasteiger charge is 2.34. The lowest BCUT2D eigenvalue weighted by molar-refractivity contribution is 0.404. The van der Waals surface area contributed by atoms with Gasteiger partial charge in [0, 0.05) is 0 Å². The molecule has 0 saturated heterocycles. The molecule has 0 aromatic carbocycles. The first-order valence-electron chi connectivity index (χ1n) is 5.16. The van der Waals surface area contributed by atoms with Crippen molar-refractivity contribution < 1.29 is 0 Å². The van der Waals surface area contributed by atoms with E-state index in [1.165, 1.54) is 25.7 Å². The first kappa shape index (κ1) is 7.70. The molecular formula is C10H19B. The Balaban J connectivity index is 2.05. The molecule has 2 fully saturated rings. The predicted octanol–water partition coefficient (Wildman–Crippen LogP) is 2.40. The van der Waals surface area contributed by atoms with Crippen LogP contribution in [0, 0.1) is 11.8 Å². The highest BCUT2D eigenvalue weighted by Crippen LogP contribution is 2.49. The van der Waals surface area contributed by atoms with Crippen molar-refractivity contribution in [2.24, 2.45) is 11.8 Å². The van der Waals surface area contributed by atoms with E-state index in [0.29, 0.717) is 5.31 Å². The summed E-state index contributed by atoms with van der Waals surface area (Å²) in [6, 6.07) is 0. The average molecular weight is 150 g/mol. The Bertz CT molecular complexity index is 151. The Hall–Kier alpha value is 0.0649. The monoisotopic (exact) mass is 150 g/mol. The topological polar surface area (TPSA) is 0 Å². The normalized spacial score (nSPS) is 50.6. The van der Waals surface area contributed by atoms with Gasteiger partial charge in [-0.15, -0.1) is 0 Å². The first-order chi connectivity index (χ1) is 5.16. The largest absolute Gasteiger partial charge is 0.109 e. The van der Waals surface area contributed by atoms with E-state index < -0.39 is 0 Å². The van der Waals surface area contributed by atoms with Gasteiger partial charge in [0.05, 0.1) is 0 Å². The molecule has 3 atom stereocenters. The van der Waals surface area contributed by atoms with Crippen molar-refractivity contribution in [1.82, 2.24) is 0 Å². The minimum absolute atomic E-state index is 0.667. The quantitative estimate of drug-likeness (QED) is 0.465. The lowest BCUT2D eigenvalue weighted by atomic mass is 9.63. The highest BCUT2D eigenvalue weighted by atomic mass is 14.4. The molecule has 62 valence electrons. The van der Waals surface area contributed by atoms with Crippen molar-refractivity contribution in [3.05, 3.63) is 0 Å². The molecule has 0 aliphatic heterocycles. The van der Waals surface area contributed by atoms with Crippen LogP contribution in [0.1, 0.15) is 45.4 Å². The third-order valence-corrected chi connectivity index (χ3v) is 3.72. The molecule has 0 N–H and O–H groups in total. The summed E-state index contributed by atoms with van der Waals surface area (Å²) in [7, 11) is 2.45. The molecule has 0 nitrogen and oxygen atoms in total. The Kier molecular flexibility index (Phi) is 1.77. The molecule has 3 unspecified atom stereocenters. The maximum absolute atomic E-state index is 2.45. The molecule has 0 spiro atoms. The van der Waals surface area contributed by atoms with Gasteiger partial charge in [-0.2, -0.15) is 0 Å². The van der Waals surface area contributed by atoms with E-state index >= 15 is 0 Å². The SMILES string of the molecule is BC1(C)CCC2CCC(C2)C1. The second-order valence-electron chi connectivity index (χ2n) is 5.45. The molecule has 0 aromatic rings. The molecule has 2 saturated carbocycles. The molecule has 1 heteroatoms. The van der Waals surface area contributed by atoms with Gasteiger partial charge < -0.3 is 0 Å². The van der Waals surface area contributed by atoms with E-state index in [0.717, 1.165) is 11.8 Å². The van der Waals surface area contributed by atoms with Gasteiger partial charge in [-0.1, -0.05) is 44.3 Å². The van der Waals surface area contributed by atoms with Gasteiger partial charge in [0.15, 0.2) is 0 Å². The highest BCUT2D eigenvalue weighted by molar-refractivity contribution is 6.14. The average Bonchev–Trinajstić information content (AvgIpc) is 2.24.